The lowest BCUT2D eigenvalue weighted by Gasteiger charge is -2.15. The molecular formula is C24H24N2O3S. The predicted octanol–water partition coefficient (Wildman–Crippen LogP) is 3.23. The largest absolute Gasteiger partial charge is 0.467 e. The molecule has 0 aliphatic heterocycles. The van der Waals surface area contributed by atoms with Crippen LogP contribution >= 0.6 is 11.3 Å². The highest BCUT2D eigenvalue weighted by molar-refractivity contribution is 7.07. The third-order valence-corrected chi connectivity index (χ3v) is 5.85. The molecule has 5 nitrogen and oxygen atoms in total. The first-order chi connectivity index (χ1) is 14.2. The SMILES string of the molecule is CCc1ccc(/C=c2/s/c(=C(\C#N)C(=O)C(C)(C)C)n(Cc3ccco3)c2=O)cc1. The first-order valence-electron chi connectivity index (χ1n) is 9.76. The average molecular weight is 421 g/mol. The molecule has 0 aliphatic carbocycles. The van der Waals surface area contributed by atoms with Gasteiger partial charge >= 0.3 is 0 Å². The monoisotopic (exact) mass is 420 g/mol. The fourth-order valence-corrected chi connectivity index (χ4v) is 4.08. The molecule has 0 saturated carbocycles. The minimum Gasteiger partial charge on any atom is -0.467 e. The van der Waals surface area contributed by atoms with Gasteiger partial charge in [-0.05, 0) is 35.8 Å². The summed E-state index contributed by atoms with van der Waals surface area (Å²) in [6.07, 6.45) is 4.27. The van der Waals surface area contributed by atoms with Gasteiger partial charge in [0.25, 0.3) is 5.56 Å². The Morgan fingerprint density at radius 3 is 2.47 bits per heavy atom. The maximum absolute atomic E-state index is 13.2. The number of aryl methyl sites for hydroxylation is 1. The van der Waals surface area contributed by atoms with Crippen molar-refractivity contribution in [2.24, 2.45) is 5.41 Å². The van der Waals surface area contributed by atoms with E-state index in [-0.39, 0.29) is 23.5 Å². The van der Waals surface area contributed by atoms with Gasteiger partial charge in [-0.25, -0.2) is 0 Å². The Morgan fingerprint density at radius 2 is 1.93 bits per heavy atom. The van der Waals surface area contributed by atoms with Gasteiger partial charge in [0.1, 0.15) is 22.1 Å². The van der Waals surface area contributed by atoms with E-state index in [2.05, 4.69) is 6.92 Å². The Balaban J connectivity index is 2.27. The molecule has 0 amide bonds. The summed E-state index contributed by atoms with van der Waals surface area (Å²) in [5, 5.41) is 9.76. The number of nitrogens with zero attached hydrogens (tertiary/aromatic N) is 2. The van der Waals surface area contributed by atoms with E-state index >= 15 is 0 Å². The zero-order valence-corrected chi connectivity index (χ0v) is 18.4. The maximum atomic E-state index is 13.2. The van der Waals surface area contributed by atoms with Crippen LogP contribution in [0.1, 0.15) is 44.6 Å². The summed E-state index contributed by atoms with van der Waals surface area (Å²) >= 11 is 1.16. The van der Waals surface area contributed by atoms with Crippen molar-refractivity contribution in [2.75, 3.05) is 0 Å². The van der Waals surface area contributed by atoms with Crippen LogP contribution in [0.2, 0.25) is 0 Å². The molecule has 0 radical (unpaired) electrons. The van der Waals surface area contributed by atoms with E-state index in [4.69, 9.17) is 4.42 Å². The van der Waals surface area contributed by atoms with Gasteiger partial charge in [0.2, 0.25) is 0 Å². The molecule has 0 fully saturated rings. The lowest BCUT2D eigenvalue weighted by Crippen LogP contribution is -2.34. The summed E-state index contributed by atoms with van der Waals surface area (Å²) in [7, 11) is 0. The summed E-state index contributed by atoms with van der Waals surface area (Å²) in [6, 6.07) is 13.5. The van der Waals surface area contributed by atoms with E-state index in [1.165, 1.54) is 16.4 Å². The van der Waals surface area contributed by atoms with Gasteiger partial charge in [0.15, 0.2) is 5.78 Å². The summed E-state index contributed by atoms with van der Waals surface area (Å²) in [4.78, 5) is 26.1. The number of hydrogen-bond acceptors (Lipinski definition) is 5. The van der Waals surface area contributed by atoms with E-state index in [9.17, 15) is 14.9 Å². The number of rotatable bonds is 5. The van der Waals surface area contributed by atoms with Crippen molar-refractivity contribution in [3.05, 3.63) is 79.1 Å². The van der Waals surface area contributed by atoms with Crippen molar-refractivity contribution in [3.8, 4) is 6.07 Å². The van der Waals surface area contributed by atoms with Crippen molar-refractivity contribution >= 4 is 28.8 Å². The molecule has 0 atom stereocenters. The Morgan fingerprint density at radius 1 is 1.23 bits per heavy atom. The molecule has 2 aromatic heterocycles. The number of nitriles is 1. The van der Waals surface area contributed by atoms with E-state index in [0.29, 0.717) is 15.0 Å². The molecule has 2 heterocycles. The maximum Gasteiger partial charge on any atom is 0.269 e. The molecule has 30 heavy (non-hydrogen) atoms. The number of benzene rings is 1. The third kappa shape index (κ3) is 4.52. The highest BCUT2D eigenvalue weighted by Gasteiger charge is 2.27. The van der Waals surface area contributed by atoms with Crippen LogP contribution in [0.3, 0.4) is 0 Å². The van der Waals surface area contributed by atoms with Crippen LogP contribution in [0.15, 0.2) is 51.9 Å². The van der Waals surface area contributed by atoms with E-state index in [1.54, 1.807) is 39.0 Å². The lowest BCUT2D eigenvalue weighted by atomic mass is 9.87. The molecule has 6 heteroatoms. The second-order valence-corrected chi connectivity index (χ2v) is 9.08. The summed E-state index contributed by atoms with van der Waals surface area (Å²) in [5.41, 5.74) is 1.12. The number of carbonyl (C=O) groups is 1. The molecule has 0 unspecified atom stereocenters. The van der Waals surface area contributed by atoms with Gasteiger partial charge in [0, 0.05) is 5.41 Å². The second-order valence-electron chi connectivity index (χ2n) is 8.05. The van der Waals surface area contributed by atoms with Crippen LogP contribution in [0.25, 0.3) is 11.6 Å². The van der Waals surface area contributed by atoms with E-state index < -0.39 is 5.41 Å². The third-order valence-electron chi connectivity index (χ3n) is 4.72. The van der Waals surface area contributed by atoms with Gasteiger partial charge in [0.05, 0.1) is 17.3 Å². The normalized spacial score (nSPS) is 13.2. The standard InChI is InChI=1S/C24H24N2O3S/c1-5-16-8-10-17(11-9-16)13-20-22(28)26(15-18-7-6-12-29-18)23(30-20)19(14-25)21(27)24(2,3)4/h6-13H,5,15H2,1-4H3/b20-13+,23-19+. The summed E-state index contributed by atoms with van der Waals surface area (Å²) in [6.45, 7) is 7.53. The van der Waals surface area contributed by atoms with E-state index in [0.717, 1.165) is 23.3 Å². The fraction of sp³-hybridized carbons (Fsp3) is 0.292. The Hall–Kier alpha value is -3.17. The van der Waals surface area contributed by atoms with Crippen LogP contribution < -0.4 is 14.8 Å². The first kappa shape index (κ1) is 21.5. The molecular weight excluding hydrogens is 396 g/mol. The topological polar surface area (TPSA) is 76.0 Å². The van der Waals surface area contributed by atoms with E-state index in [1.807, 2.05) is 30.3 Å². The zero-order chi connectivity index (χ0) is 21.9. The zero-order valence-electron chi connectivity index (χ0n) is 17.6. The predicted molar refractivity (Wildman–Crippen MR) is 119 cm³/mol. The van der Waals surface area contributed by atoms with Crippen molar-refractivity contribution < 1.29 is 9.21 Å². The lowest BCUT2D eigenvalue weighted by molar-refractivity contribution is -0.120. The van der Waals surface area contributed by atoms with Crippen LogP contribution in [-0.2, 0) is 17.8 Å². The second kappa shape index (κ2) is 8.68. The Labute approximate surface area is 179 Å². The number of aromatic nitrogens is 1. The van der Waals surface area contributed by atoms with Gasteiger partial charge in [-0.15, -0.1) is 11.3 Å². The van der Waals surface area contributed by atoms with Crippen LogP contribution in [0, 0.1) is 16.7 Å². The fourth-order valence-electron chi connectivity index (χ4n) is 2.98. The number of furan rings is 1. The molecule has 3 aromatic rings. The van der Waals surface area contributed by atoms with Crippen LogP contribution in [0.5, 0.6) is 0 Å². The molecule has 0 bridgehead atoms. The molecule has 0 aliphatic rings. The number of ketones is 1. The van der Waals surface area contributed by atoms with Gasteiger partial charge < -0.3 is 4.42 Å². The number of thiazole rings is 1. The van der Waals surface area contributed by atoms with Crippen molar-refractivity contribution in [1.82, 2.24) is 4.57 Å². The Kier molecular flexibility index (Phi) is 6.23. The minimum atomic E-state index is -0.736. The van der Waals surface area contributed by atoms with Crippen molar-refractivity contribution in [3.63, 3.8) is 0 Å². The summed E-state index contributed by atoms with van der Waals surface area (Å²) in [5.74, 6) is 0.286. The Bertz CT molecular complexity index is 1260. The van der Waals surface area contributed by atoms with Crippen LogP contribution in [0.4, 0.5) is 0 Å². The number of carbonyl (C=O) groups excluding carboxylic acids is 1. The molecule has 0 spiro atoms. The molecule has 1 aromatic carbocycles. The quantitative estimate of drug-likeness (QED) is 0.635. The van der Waals surface area contributed by atoms with Crippen molar-refractivity contribution in [1.29, 1.82) is 5.26 Å². The van der Waals surface area contributed by atoms with Crippen LogP contribution in [-0.4, -0.2) is 10.4 Å². The molecule has 3 rings (SSSR count). The number of hydrogen-bond donors (Lipinski definition) is 0. The molecule has 0 saturated heterocycles. The van der Waals surface area contributed by atoms with Gasteiger partial charge in [-0.3, -0.25) is 14.2 Å². The minimum absolute atomic E-state index is 0.00265. The highest BCUT2D eigenvalue weighted by Crippen LogP contribution is 2.19. The summed E-state index contributed by atoms with van der Waals surface area (Å²) < 4.78 is 7.68. The highest BCUT2D eigenvalue weighted by atomic mass is 32.1. The first-order valence-corrected chi connectivity index (χ1v) is 10.6. The van der Waals surface area contributed by atoms with Crippen molar-refractivity contribution in [2.45, 2.75) is 40.7 Å². The van der Waals surface area contributed by atoms with Gasteiger partial charge in [-0.1, -0.05) is 52.0 Å². The van der Waals surface area contributed by atoms with Gasteiger partial charge in [-0.2, -0.15) is 5.26 Å². The smallest absolute Gasteiger partial charge is 0.269 e. The average Bonchev–Trinajstić information content (AvgIpc) is 3.33. The molecule has 0 N–H and O–H groups in total. The number of Topliss-reactive ketones (excluding diaryl/α,β-unsaturated/α-hetero) is 1. The molecule has 154 valence electrons.